The summed E-state index contributed by atoms with van der Waals surface area (Å²) in [4.78, 5) is 8.55. The average molecular weight is 337 g/mol. The van der Waals surface area contributed by atoms with E-state index < -0.39 is 0 Å². The molecule has 0 saturated carbocycles. The van der Waals surface area contributed by atoms with Gasteiger partial charge in [0, 0.05) is 23.6 Å². The molecule has 3 rings (SSSR count). The summed E-state index contributed by atoms with van der Waals surface area (Å²) in [6, 6.07) is 16.3. The zero-order valence-electron chi connectivity index (χ0n) is 13.2. The van der Waals surface area contributed by atoms with Crippen LogP contribution < -0.4 is 5.32 Å². The first kappa shape index (κ1) is 16.1. The summed E-state index contributed by atoms with van der Waals surface area (Å²) in [6.45, 7) is 3.56. The molecule has 0 bridgehead atoms. The lowest BCUT2D eigenvalue weighted by Crippen LogP contribution is -1.97. The van der Waals surface area contributed by atoms with Crippen molar-refractivity contribution in [2.75, 3.05) is 12.4 Å². The van der Waals surface area contributed by atoms with E-state index >= 15 is 0 Å². The Kier molecular flexibility index (Phi) is 4.82. The van der Waals surface area contributed by atoms with E-state index in [9.17, 15) is 4.39 Å². The van der Waals surface area contributed by atoms with Gasteiger partial charge in [-0.1, -0.05) is 42.5 Å². The number of benzene rings is 2. The summed E-state index contributed by atoms with van der Waals surface area (Å²) in [5.74, 6) is 0.0707. The van der Waals surface area contributed by atoms with Crippen LogP contribution in [0.3, 0.4) is 0 Å². The number of aliphatic imine (C=N–C) groups is 2. The molecule has 5 heteroatoms. The summed E-state index contributed by atoms with van der Waals surface area (Å²) in [6.07, 6.45) is 0. The van der Waals surface area contributed by atoms with Gasteiger partial charge in [-0.3, -0.25) is 0 Å². The molecule has 0 fully saturated rings. The lowest BCUT2D eigenvalue weighted by atomic mass is 10.1. The SMILES string of the molecule is C=N/C(=N\c1scc(-c2ccccc2)c1NC)c1cccc(F)c1. The first-order chi connectivity index (χ1) is 11.7. The van der Waals surface area contributed by atoms with Crippen molar-refractivity contribution in [3.05, 3.63) is 71.4 Å². The summed E-state index contributed by atoms with van der Waals surface area (Å²) in [7, 11) is 1.86. The third-order valence-corrected chi connectivity index (χ3v) is 4.42. The Bertz CT molecular complexity index is 885. The van der Waals surface area contributed by atoms with Crippen LogP contribution in [0.2, 0.25) is 0 Å². The molecule has 1 heterocycles. The van der Waals surface area contributed by atoms with E-state index in [-0.39, 0.29) is 5.82 Å². The van der Waals surface area contributed by atoms with E-state index in [2.05, 4.69) is 34.2 Å². The molecule has 1 aromatic heterocycles. The fourth-order valence-electron chi connectivity index (χ4n) is 2.42. The molecule has 0 atom stereocenters. The molecule has 3 nitrogen and oxygen atoms in total. The number of amidine groups is 1. The minimum absolute atomic E-state index is 0.325. The van der Waals surface area contributed by atoms with E-state index in [1.807, 2.05) is 30.6 Å². The Hall–Kier alpha value is -2.79. The molecule has 0 radical (unpaired) electrons. The highest BCUT2D eigenvalue weighted by Crippen LogP contribution is 2.42. The van der Waals surface area contributed by atoms with Gasteiger partial charge in [0.25, 0.3) is 0 Å². The highest BCUT2D eigenvalue weighted by atomic mass is 32.1. The second-order valence-electron chi connectivity index (χ2n) is 5.05. The molecule has 0 spiro atoms. The van der Waals surface area contributed by atoms with Crippen LogP contribution in [0.4, 0.5) is 15.1 Å². The van der Waals surface area contributed by atoms with Gasteiger partial charge < -0.3 is 5.32 Å². The molecular weight excluding hydrogens is 321 g/mol. The number of hydrogen-bond donors (Lipinski definition) is 1. The molecule has 3 aromatic rings. The average Bonchev–Trinajstić information content (AvgIpc) is 3.03. The predicted octanol–water partition coefficient (Wildman–Crippen LogP) is 5.37. The molecule has 24 heavy (non-hydrogen) atoms. The van der Waals surface area contributed by atoms with Gasteiger partial charge in [-0.25, -0.2) is 14.4 Å². The zero-order chi connectivity index (χ0) is 16.9. The largest absolute Gasteiger partial charge is 0.385 e. The maximum Gasteiger partial charge on any atom is 0.160 e. The van der Waals surface area contributed by atoms with Crippen molar-refractivity contribution < 1.29 is 4.39 Å². The maximum absolute atomic E-state index is 13.4. The van der Waals surface area contributed by atoms with Crippen molar-refractivity contribution in [2.45, 2.75) is 0 Å². The normalized spacial score (nSPS) is 11.3. The number of halogens is 1. The second kappa shape index (κ2) is 7.19. The highest BCUT2D eigenvalue weighted by molar-refractivity contribution is 7.15. The number of nitrogens with zero attached hydrogens (tertiary/aromatic N) is 2. The van der Waals surface area contributed by atoms with Gasteiger partial charge >= 0.3 is 0 Å². The van der Waals surface area contributed by atoms with Crippen LogP contribution in [0.1, 0.15) is 5.56 Å². The van der Waals surface area contributed by atoms with Gasteiger partial charge in [0.05, 0.1) is 5.69 Å². The molecule has 0 saturated heterocycles. The van der Waals surface area contributed by atoms with Crippen LogP contribution in [0.15, 0.2) is 70.0 Å². The van der Waals surface area contributed by atoms with Crippen molar-refractivity contribution in [3.8, 4) is 11.1 Å². The number of thiophene rings is 1. The Morgan fingerprint density at radius 3 is 2.58 bits per heavy atom. The summed E-state index contributed by atoms with van der Waals surface area (Å²) >= 11 is 1.51. The van der Waals surface area contributed by atoms with Crippen LogP contribution in [-0.2, 0) is 0 Å². The fourth-order valence-corrected chi connectivity index (χ4v) is 3.37. The van der Waals surface area contributed by atoms with Crippen LogP contribution in [0.5, 0.6) is 0 Å². The van der Waals surface area contributed by atoms with E-state index in [1.165, 1.54) is 23.5 Å². The van der Waals surface area contributed by atoms with Crippen molar-refractivity contribution in [1.82, 2.24) is 0 Å². The number of anilines is 1. The van der Waals surface area contributed by atoms with Crippen LogP contribution in [0, 0.1) is 5.82 Å². The summed E-state index contributed by atoms with van der Waals surface area (Å²) in [5.41, 5.74) is 3.70. The minimum atomic E-state index is -0.325. The molecule has 0 amide bonds. The fraction of sp³-hybridized carbons (Fsp3) is 0.0526. The van der Waals surface area contributed by atoms with Gasteiger partial charge in [0.15, 0.2) is 5.84 Å². The number of hydrogen-bond acceptors (Lipinski definition) is 3. The minimum Gasteiger partial charge on any atom is -0.385 e. The molecule has 2 aromatic carbocycles. The van der Waals surface area contributed by atoms with Crippen molar-refractivity contribution in [3.63, 3.8) is 0 Å². The maximum atomic E-state index is 13.4. The predicted molar refractivity (Wildman–Crippen MR) is 101 cm³/mol. The third kappa shape index (κ3) is 3.26. The number of rotatable bonds is 4. The van der Waals surface area contributed by atoms with Crippen LogP contribution in [0.25, 0.3) is 11.1 Å². The monoisotopic (exact) mass is 337 g/mol. The van der Waals surface area contributed by atoms with Gasteiger partial charge in [0.1, 0.15) is 10.8 Å². The van der Waals surface area contributed by atoms with Crippen molar-refractivity contribution in [1.29, 1.82) is 0 Å². The van der Waals surface area contributed by atoms with E-state index in [0.29, 0.717) is 11.4 Å². The van der Waals surface area contributed by atoms with Crippen LogP contribution in [-0.4, -0.2) is 19.6 Å². The smallest absolute Gasteiger partial charge is 0.160 e. The summed E-state index contributed by atoms with van der Waals surface area (Å²) < 4.78 is 13.4. The van der Waals surface area contributed by atoms with Crippen LogP contribution >= 0.6 is 11.3 Å². The lowest BCUT2D eigenvalue weighted by Gasteiger charge is -2.06. The van der Waals surface area contributed by atoms with E-state index in [1.54, 1.807) is 12.1 Å². The molecule has 120 valence electrons. The van der Waals surface area contributed by atoms with E-state index in [0.717, 1.165) is 21.8 Å². The first-order valence-corrected chi connectivity index (χ1v) is 8.27. The molecular formula is C19H16FN3S. The standard InChI is InChI=1S/C19H16FN3S/c1-21-17-16(13-7-4-3-5-8-13)12-24-19(17)23-18(22-2)14-9-6-10-15(20)11-14/h3-12,21H,2H2,1H3/b23-18-. The van der Waals surface area contributed by atoms with Gasteiger partial charge in [-0.15, -0.1) is 11.3 Å². The van der Waals surface area contributed by atoms with Gasteiger partial charge in [-0.2, -0.15) is 0 Å². The lowest BCUT2D eigenvalue weighted by molar-refractivity contribution is 0.627. The van der Waals surface area contributed by atoms with Gasteiger partial charge in [0.2, 0.25) is 0 Å². The Morgan fingerprint density at radius 2 is 1.92 bits per heavy atom. The molecule has 1 N–H and O–H groups in total. The van der Waals surface area contributed by atoms with Crippen molar-refractivity contribution in [2.24, 2.45) is 9.98 Å². The van der Waals surface area contributed by atoms with Crippen molar-refractivity contribution >= 4 is 34.6 Å². The second-order valence-corrected chi connectivity index (χ2v) is 5.91. The molecule has 0 aliphatic rings. The van der Waals surface area contributed by atoms with Gasteiger partial charge in [-0.05, 0) is 24.4 Å². The quantitative estimate of drug-likeness (QED) is 0.504. The van der Waals surface area contributed by atoms with E-state index in [4.69, 9.17) is 0 Å². The molecule has 0 aliphatic heterocycles. The Labute approximate surface area is 144 Å². The Balaban J connectivity index is 2.06. The highest BCUT2D eigenvalue weighted by Gasteiger charge is 2.13. The first-order valence-electron chi connectivity index (χ1n) is 7.39. The summed E-state index contributed by atoms with van der Waals surface area (Å²) in [5, 5.41) is 6.03. The number of nitrogens with one attached hydrogen (secondary N) is 1. The Morgan fingerprint density at radius 1 is 1.12 bits per heavy atom. The molecule has 0 unspecified atom stereocenters. The zero-order valence-corrected chi connectivity index (χ0v) is 14.0. The molecule has 0 aliphatic carbocycles. The topological polar surface area (TPSA) is 36.8 Å². The third-order valence-electron chi connectivity index (χ3n) is 3.55.